The number of nitrogens with two attached hydrogens (primary N) is 2. The van der Waals surface area contributed by atoms with Gasteiger partial charge in [0, 0.05) is 72.1 Å². The summed E-state index contributed by atoms with van der Waals surface area (Å²) in [6.07, 6.45) is 4.14. The number of hydrogen-bond acceptors (Lipinski definition) is 9. The number of carbonyl (C=O) groups is 4. The van der Waals surface area contributed by atoms with E-state index in [1.807, 2.05) is 115 Å². The minimum atomic E-state index is -0.565. The Morgan fingerprint density at radius 3 is 1.57 bits per heavy atom. The first-order chi connectivity index (χ1) is 32.6. The van der Waals surface area contributed by atoms with E-state index in [0.29, 0.717) is 77.0 Å². The second-order valence-corrected chi connectivity index (χ2v) is 17.7. The molecule has 1 aliphatic carbocycles. The quantitative estimate of drug-likeness (QED) is 0.0831. The van der Waals surface area contributed by atoms with Crippen LogP contribution < -0.4 is 27.4 Å². The number of piperidine rings is 1. The number of benzene rings is 5. The summed E-state index contributed by atoms with van der Waals surface area (Å²) < 4.78 is 0. The van der Waals surface area contributed by atoms with E-state index in [1.165, 1.54) is 0 Å². The van der Waals surface area contributed by atoms with Gasteiger partial charge in [0.15, 0.2) is 0 Å². The molecule has 13 heteroatoms. The van der Waals surface area contributed by atoms with Crippen molar-refractivity contribution in [1.82, 2.24) is 15.1 Å². The van der Waals surface area contributed by atoms with Crippen molar-refractivity contribution in [3.8, 4) is 0 Å². The normalized spacial score (nSPS) is 21.1. The molecular weight excluding hydrogens is 839 g/mol. The van der Waals surface area contributed by atoms with Crippen LogP contribution in [0.1, 0.15) is 116 Å². The van der Waals surface area contributed by atoms with Gasteiger partial charge in [-0.05, 0) is 97.8 Å². The van der Waals surface area contributed by atoms with Gasteiger partial charge in [-0.3, -0.25) is 19.2 Å². The van der Waals surface area contributed by atoms with E-state index in [1.54, 1.807) is 18.2 Å². The molecule has 13 nitrogen and oxygen atoms in total. The summed E-state index contributed by atoms with van der Waals surface area (Å²) in [6.45, 7) is 8.25. The van der Waals surface area contributed by atoms with E-state index in [9.17, 15) is 19.2 Å². The number of primary amides is 2. The summed E-state index contributed by atoms with van der Waals surface area (Å²) in [6, 6.07) is 38.1. The molecule has 4 amide bonds. The van der Waals surface area contributed by atoms with Gasteiger partial charge in [0.1, 0.15) is 0 Å². The van der Waals surface area contributed by atoms with Crippen LogP contribution in [0.4, 0.5) is 11.4 Å². The molecule has 10 rings (SSSR count). The van der Waals surface area contributed by atoms with E-state index in [4.69, 9.17) is 22.3 Å². The molecular formula is C54H61N9O4. The van der Waals surface area contributed by atoms with Gasteiger partial charge in [-0.25, -0.2) is 0 Å². The monoisotopic (exact) mass is 899 g/mol. The zero-order valence-corrected chi connectivity index (χ0v) is 38.3. The highest BCUT2D eigenvalue weighted by atomic mass is 16.2. The number of carbonyl (C=O) groups excluding carboxylic acids is 4. The van der Waals surface area contributed by atoms with Gasteiger partial charge in [0.2, 0.25) is 17.7 Å². The molecule has 0 bridgehead atoms. The standard InChI is InChI=1S/C31H31N5O3.C21H24N4O.C2H6/c32-27-25(19-5-2-1-3-6-19)28(34-24-8-4-7-23(26(24)27)29(33)37)20-9-11-21(12-10-20)30(38)35-15-17-36(18-16-35)31(39)22-13-14-22;22-19-17(13-5-2-1-3-6-13)20(14-9-11-24-12-10-14)25-16-8-4-7-15(18(16)19)21(23)26;1-2/h1-12,22,25,28,32,34H,13-18H2,(H2,33,37);1-8,14,17,20,22,24-25H,9-12H2,(H2,23,26);1-2H3. The molecule has 9 N–H and O–H groups in total. The Morgan fingerprint density at radius 2 is 1.04 bits per heavy atom. The maximum Gasteiger partial charge on any atom is 0.253 e. The molecule has 5 aliphatic rings. The highest BCUT2D eigenvalue weighted by molar-refractivity contribution is 6.17. The lowest BCUT2D eigenvalue weighted by Gasteiger charge is -2.42. The largest absolute Gasteiger partial charge is 0.380 e. The Kier molecular flexibility index (Phi) is 14.3. The second kappa shape index (κ2) is 20.6. The van der Waals surface area contributed by atoms with Crippen LogP contribution in [0.2, 0.25) is 0 Å². The molecule has 346 valence electrons. The number of piperazine rings is 1. The van der Waals surface area contributed by atoms with Crippen LogP contribution in [0.3, 0.4) is 0 Å². The lowest BCUT2D eigenvalue weighted by molar-refractivity contribution is -0.134. The van der Waals surface area contributed by atoms with E-state index in [0.717, 1.165) is 61.2 Å². The van der Waals surface area contributed by atoms with E-state index in [-0.39, 0.29) is 41.7 Å². The Bertz CT molecular complexity index is 2620. The average Bonchev–Trinajstić information content (AvgIpc) is 4.23. The summed E-state index contributed by atoms with van der Waals surface area (Å²) in [5.74, 6) is -0.638. The van der Waals surface area contributed by atoms with Gasteiger partial charge < -0.3 is 48.0 Å². The topological polar surface area (TPSA) is 211 Å². The number of fused-ring (bicyclic) bond motifs is 2. The van der Waals surface area contributed by atoms with Crippen molar-refractivity contribution in [2.45, 2.75) is 63.5 Å². The third kappa shape index (κ3) is 9.74. The molecule has 5 aromatic carbocycles. The molecule has 5 aromatic rings. The molecule has 67 heavy (non-hydrogen) atoms. The third-order valence-corrected chi connectivity index (χ3v) is 13.7. The zero-order valence-electron chi connectivity index (χ0n) is 38.3. The first-order valence-corrected chi connectivity index (χ1v) is 23.6. The van der Waals surface area contributed by atoms with Crippen molar-refractivity contribution in [2.75, 3.05) is 49.9 Å². The Labute approximate surface area is 392 Å². The smallest absolute Gasteiger partial charge is 0.253 e. The molecule has 4 atom stereocenters. The summed E-state index contributed by atoms with van der Waals surface area (Å²) in [7, 11) is 0. The van der Waals surface area contributed by atoms with Crippen LogP contribution in [0.25, 0.3) is 0 Å². The highest BCUT2D eigenvalue weighted by Gasteiger charge is 2.41. The maximum atomic E-state index is 13.2. The van der Waals surface area contributed by atoms with Crippen LogP contribution in [0.5, 0.6) is 0 Å². The number of nitrogens with one attached hydrogen (secondary N) is 5. The first-order valence-electron chi connectivity index (χ1n) is 23.6. The van der Waals surface area contributed by atoms with Crippen LogP contribution in [0, 0.1) is 22.7 Å². The molecule has 1 saturated carbocycles. The Hall–Kier alpha value is -7.12. The SMILES string of the molecule is CC.N=C1c2c(cccc2C(N)=O)NC(C2CCNCC2)C1c1ccccc1.N=C1c2c(cccc2C(N)=O)NC(c2ccc(C(=O)N3CCN(C(=O)C4CC4)CC3)cc2)C1c1ccccc1. The highest BCUT2D eigenvalue weighted by Crippen LogP contribution is 2.44. The predicted molar refractivity (Wildman–Crippen MR) is 264 cm³/mol. The lowest BCUT2D eigenvalue weighted by atomic mass is 9.72. The van der Waals surface area contributed by atoms with Gasteiger partial charge in [0.25, 0.3) is 5.91 Å². The maximum absolute atomic E-state index is 13.2. The minimum absolute atomic E-state index is 0.0412. The van der Waals surface area contributed by atoms with E-state index < -0.39 is 11.8 Å². The van der Waals surface area contributed by atoms with Crippen molar-refractivity contribution in [1.29, 1.82) is 10.8 Å². The minimum Gasteiger partial charge on any atom is -0.380 e. The van der Waals surface area contributed by atoms with Crippen LogP contribution in [0.15, 0.2) is 121 Å². The number of anilines is 2. The number of amides is 4. The van der Waals surface area contributed by atoms with Crippen molar-refractivity contribution in [3.05, 3.63) is 166 Å². The molecule has 3 fully saturated rings. The van der Waals surface area contributed by atoms with Gasteiger partial charge in [-0.15, -0.1) is 0 Å². The van der Waals surface area contributed by atoms with Crippen LogP contribution >= 0.6 is 0 Å². The van der Waals surface area contributed by atoms with Gasteiger partial charge in [-0.1, -0.05) is 98.8 Å². The summed E-state index contributed by atoms with van der Waals surface area (Å²) in [5.41, 5.74) is 19.1. The summed E-state index contributed by atoms with van der Waals surface area (Å²) in [4.78, 5) is 53.4. The molecule has 4 unspecified atom stereocenters. The molecule has 4 heterocycles. The molecule has 2 saturated heterocycles. The van der Waals surface area contributed by atoms with Gasteiger partial charge in [-0.2, -0.15) is 0 Å². The predicted octanol–water partition coefficient (Wildman–Crippen LogP) is 7.56. The van der Waals surface area contributed by atoms with Gasteiger partial charge >= 0.3 is 0 Å². The van der Waals surface area contributed by atoms with Crippen LogP contribution in [-0.2, 0) is 4.79 Å². The molecule has 0 radical (unpaired) electrons. The van der Waals surface area contributed by atoms with Crippen molar-refractivity contribution in [3.63, 3.8) is 0 Å². The number of rotatable bonds is 8. The number of nitrogens with zero attached hydrogens (tertiary/aromatic N) is 2. The molecule has 0 aromatic heterocycles. The molecule has 4 aliphatic heterocycles. The fourth-order valence-corrected chi connectivity index (χ4v) is 10.2. The van der Waals surface area contributed by atoms with Crippen LogP contribution in [-0.4, -0.2) is 90.2 Å². The second-order valence-electron chi connectivity index (χ2n) is 17.7. The lowest BCUT2D eigenvalue weighted by Crippen LogP contribution is -2.51. The van der Waals surface area contributed by atoms with Gasteiger partial charge in [0.05, 0.1) is 34.5 Å². The van der Waals surface area contributed by atoms with E-state index >= 15 is 0 Å². The Morgan fingerprint density at radius 1 is 0.552 bits per heavy atom. The zero-order chi connectivity index (χ0) is 47.2. The fraction of sp³-hybridized carbons (Fsp3) is 0.333. The number of hydrogen-bond donors (Lipinski definition) is 7. The third-order valence-electron chi connectivity index (χ3n) is 13.7. The van der Waals surface area contributed by atoms with Crippen molar-refractivity contribution < 1.29 is 19.2 Å². The first kappa shape index (κ1) is 46.4. The Balaban J connectivity index is 0.000000189. The molecule has 0 spiro atoms. The fourth-order valence-electron chi connectivity index (χ4n) is 10.2. The summed E-state index contributed by atoms with van der Waals surface area (Å²) >= 11 is 0. The average molecular weight is 900 g/mol. The van der Waals surface area contributed by atoms with Crippen molar-refractivity contribution in [2.24, 2.45) is 23.3 Å². The van der Waals surface area contributed by atoms with Crippen molar-refractivity contribution >= 4 is 46.4 Å². The van der Waals surface area contributed by atoms with E-state index in [2.05, 4.69) is 28.1 Å². The summed E-state index contributed by atoms with van der Waals surface area (Å²) in [5, 5.41) is 28.8.